The molecule has 5 atom stereocenters. The van der Waals surface area contributed by atoms with Gasteiger partial charge >= 0.3 is 0 Å². The zero-order chi connectivity index (χ0) is 17.9. The number of benzene rings is 1. The fourth-order valence-corrected chi connectivity index (χ4v) is 4.53. The summed E-state index contributed by atoms with van der Waals surface area (Å²) in [4.78, 5) is 39.5. The van der Waals surface area contributed by atoms with E-state index in [1.54, 1.807) is 6.92 Å². The molecule has 2 bridgehead atoms. The van der Waals surface area contributed by atoms with E-state index in [2.05, 4.69) is 17.5 Å². The first-order valence-electron chi connectivity index (χ1n) is 8.82. The second-order valence-corrected chi connectivity index (χ2v) is 7.53. The van der Waals surface area contributed by atoms with Gasteiger partial charge in [-0.15, -0.1) is 0 Å². The third kappa shape index (κ3) is 2.33. The summed E-state index contributed by atoms with van der Waals surface area (Å²) in [5, 5.41) is 2.87. The molecule has 1 saturated carbocycles. The van der Waals surface area contributed by atoms with Crippen LogP contribution >= 0.6 is 0 Å². The number of allylic oxidation sites excluding steroid dienone is 2. The van der Waals surface area contributed by atoms with Gasteiger partial charge in [-0.2, -0.15) is 0 Å². The lowest BCUT2D eigenvalue weighted by molar-refractivity contribution is -0.146. The van der Waals surface area contributed by atoms with E-state index in [9.17, 15) is 14.4 Å². The van der Waals surface area contributed by atoms with Crippen LogP contribution in [-0.4, -0.2) is 28.7 Å². The number of fused-ring (bicyclic) bond motifs is 5. The Labute approximate surface area is 147 Å². The summed E-state index contributed by atoms with van der Waals surface area (Å²) in [7, 11) is 0. The maximum absolute atomic E-state index is 12.8. The van der Waals surface area contributed by atoms with Crippen molar-refractivity contribution in [1.82, 2.24) is 4.90 Å². The number of likely N-dealkylation sites (tertiary alicyclic amines) is 1. The van der Waals surface area contributed by atoms with E-state index < -0.39 is 6.04 Å². The highest BCUT2D eigenvalue weighted by atomic mass is 16.2. The minimum atomic E-state index is -0.801. The van der Waals surface area contributed by atoms with Crippen molar-refractivity contribution in [3.05, 3.63) is 41.5 Å². The van der Waals surface area contributed by atoms with Crippen molar-refractivity contribution in [2.75, 3.05) is 5.32 Å². The first-order valence-corrected chi connectivity index (χ1v) is 8.82. The van der Waals surface area contributed by atoms with Crippen LogP contribution in [0.4, 0.5) is 5.69 Å². The number of amides is 3. The standard InChI is InChI=1S/C20H22N2O3/c1-10-4-5-11(2)15(8-10)21-18(23)12(3)22-19(24)16-13-6-7-14(9-13)17(16)20(22)25/h4-8,12-14,16-17H,9H2,1-3H3,(H,21,23)/t12-,13-,14+,16+,17-/m1/s1. The van der Waals surface area contributed by atoms with Crippen LogP contribution in [0.3, 0.4) is 0 Å². The molecule has 2 aliphatic carbocycles. The van der Waals surface area contributed by atoms with Crippen molar-refractivity contribution in [2.45, 2.75) is 33.2 Å². The maximum Gasteiger partial charge on any atom is 0.247 e. The number of nitrogens with one attached hydrogen (secondary N) is 1. The molecular weight excluding hydrogens is 316 g/mol. The second-order valence-electron chi connectivity index (χ2n) is 7.53. The van der Waals surface area contributed by atoms with Crippen LogP contribution in [0.1, 0.15) is 24.5 Å². The number of hydrogen-bond acceptors (Lipinski definition) is 3. The lowest BCUT2D eigenvalue weighted by atomic mass is 9.85. The number of carbonyl (C=O) groups excluding carboxylic acids is 3. The van der Waals surface area contributed by atoms with Gasteiger partial charge in [0.05, 0.1) is 11.8 Å². The SMILES string of the molecule is Cc1ccc(C)c(NC(=O)[C@@H](C)N2C(=O)[C@@H]3[C@H](C2=O)[C@H]2C=C[C@@H]3C2)c1. The van der Waals surface area contributed by atoms with Crippen LogP contribution < -0.4 is 5.32 Å². The highest BCUT2D eigenvalue weighted by molar-refractivity contribution is 6.10. The van der Waals surface area contributed by atoms with E-state index in [1.165, 1.54) is 4.90 Å². The van der Waals surface area contributed by atoms with Crippen molar-refractivity contribution in [1.29, 1.82) is 0 Å². The predicted octanol–water partition coefficient (Wildman–Crippen LogP) is 2.44. The summed E-state index contributed by atoms with van der Waals surface area (Å²) in [6.45, 7) is 5.50. The normalized spacial score (nSPS) is 30.8. The van der Waals surface area contributed by atoms with E-state index in [0.29, 0.717) is 0 Å². The van der Waals surface area contributed by atoms with Crippen LogP contribution in [-0.2, 0) is 14.4 Å². The molecule has 5 nitrogen and oxygen atoms in total. The maximum atomic E-state index is 12.8. The molecule has 5 heteroatoms. The van der Waals surface area contributed by atoms with Gasteiger partial charge in [-0.3, -0.25) is 19.3 Å². The summed E-state index contributed by atoms with van der Waals surface area (Å²) in [6, 6.07) is 5.01. The lowest BCUT2D eigenvalue weighted by Crippen LogP contribution is -2.46. The lowest BCUT2D eigenvalue weighted by Gasteiger charge is -2.24. The Balaban J connectivity index is 1.54. The summed E-state index contributed by atoms with van der Waals surface area (Å²) < 4.78 is 0. The summed E-state index contributed by atoms with van der Waals surface area (Å²) >= 11 is 0. The average molecular weight is 338 g/mol. The van der Waals surface area contributed by atoms with Crippen molar-refractivity contribution < 1.29 is 14.4 Å². The van der Waals surface area contributed by atoms with Gasteiger partial charge in [-0.25, -0.2) is 0 Å². The molecule has 2 fully saturated rings. The van der Waals surface area contributed by atoms with Crippen LogP contribution in [0.5, 0.6) is 0 Å². The Morgan fingerprint density at radius 2 is 1.72 bits per heavy atom. The monoisotopic (exact) mass is 338 g/mol. The summed E-state index contributed by atoms with van der Waals surface area (Å²) in [6.07, 6.45) is 5.01. The average Bonchev–Trinajstić information content (AvgIpc) is 3.24. The quantitative estimate of drug-likeness (QED) is 0.680. The number of hydrogen-bond donors (Lipinski definition) is 1. The highest BCUT2D eigenvalue weighted by Crippen LogP contribution is 2.52. The number of aryl methyl sites for hydroxylation is 2. The van der Waals surface area contributed by atoms with Gasteiger partial charge < -0.3 is 5.32 Å². The van der Waals surface area contributed by atoms with Crippen molar-refractivity contribution >= 4 is 23.4 Å². The molecule has 4 rings (SSSR count). The second kappa shape index (κ2) is 5.55. The zero-order valence-electron chi connectivity index (χ0n) is 14.7. The molecule has 1 heterocycles. The number of carbonyl (C=O) groups is 3. The zero-order valence-corrected chi connectivity index (χ0v) is 14.7. The van der Waals surface area contributed by atoms with E-state index >= 15 is 0 Å². The fourth-order valence-electron chi connectivity index (χ4n) is 4.53. The first-order chi connectivity index (χ1) is 11.9. The molecule has 130 valence electrons. The van der Waals surface area contributed by atoms with Crippen molar-refractivity contribution in [3.8, 4) is 0 Å². The van der Waals surface area contributed by atoms with Crippen LogP contribution in [0.2, 0.25) is 0 Å². The van der Waals surface area contributed by atoms with E-state index in [-0.39, 0.29) is 41.4 Å². The van der Waals surface area contributed by atoms with E-state index in [1.807, 2.05) is 32.0 Å². The Kier molecular flexibility index (Phi) is 3.56. The third-order valence-electron chi connectivity index (χ3n) is 5.92. The van der Waals surface area contributed by atoms with Gasteiger partial charge in [0.2, 0.25) is 17.7 Å². The largest absolute Gasteiger partial charge is 0.324 e. The smallest absolute Gasteiger partial charge is 0.247 e. The fraction of sp³-hybridized carbons (Fsp3) is 0.450. The third-order valence-corrected chi connectivity index (χ3v) is 5.92. The van der Waals surface area contributed by atoms with E-state index in [0.717, 1.165) is 23.2 Å². The molecular formula is C20H22N2O3. The molecule has 1 saturated heterocycles. The topological polar surface area (TPSA) is 66.5 Å². The Morgan fingerprint density at radius 3 is 2.32 bits per heavy atom. The molecule has 25 heavy (non-hydrogen) atoms. The molecule has 1 aromatic rings. The van der Waals surface area contributed by atoms with E-state index in [4.69, 9.17) is 0 Å². The molecule has 1 N–H and O–H groups in total. The van der Waals surface area contributed by atoms with Crippen LogP contribution in [0.25, 0.3) is 0 Å². The van der Waals surface area contributed by atoms with Crippen molar-refractivity contribution in [2.24, 2.45) is 23.7 Å². The first kappa shape index (κ1) is 16.1. The van der Waals surface area contributed by atoms with Gasteiger partial charge in [-0.05, 0) is 56.2 Å². The van der Waals surface area contributed by atoms with Gasteiger partial charge in [0.25, 0.3) is 0 Å². The summed E-state index contributed by atoms with van der Waals surface area (Å²) in [5.74, 6) is -0.907. The molecule has 3 amide bonds. The van der Waals surface area contributed by atoms with Crippen LogP contribution in [0.15, 0.2) is 30.4 Å². The van der Waals surface area contributed by atoms with Crippen LogP contribution in [0, 0.1) is 37.5 Å². The molecule has 0 unspecified atom stereocenters. The molecule has 0 radical (unpaired) electrons. The molecule has 3 aliphatic rings. The minimum absolute atomic E-state index is 0.158. The van der Waals surface area contributed by atoms with Gasteiger partial charge in [0.1, 0.15) is 6.04 Å². The summed E-state index contributed by atoms with van der Waals surface area (Å²) in [5.41, 5.74) is 2.71. The van der Waals surface area contributed by atoms with Crippen molar-refractivity contribution in [3.63, 3.8) is 0 Å². The number of rotatable bonds is 3. The number of nitrogens with zero attached hydrogens (tertiary/aromatic N) is 1. The molecule has 0 spiro atoms. The van der Waals surface area contributed by atoms with Gasteiger partial charge in [-0.1, -0.05) is 24.3 Å². The Hall–Kier alpha value is -2.43. The Morgan fingerprint density at radius 1 is 1.12 bits per heavy atom. The highest BCUT2D eigenvalue weighted by Gasteiger charge is 2.60. The minimum Gasteiger partial charge on any atom is -0.324 e. The predicted molar refractivity (Wildman–Crippen MR) is 93.6 cm³/mol. The molecule has 0 aromatic heterocycles. The molecule has 1 aromatic carbocycles. The number of anilines is 1. The van der Waals surface area contributed by atoms with Gasteiger partial charge in [0.15, 0.2) is 0 Å². The number of imide groups is 1. The Bertz CT molecular complexity index is 783. The van der Waals surface area contributed by atoms with Gasteiger partial charge in [0, 0.05) is 5.69 Å². The molecule has 1 aliphatic heterocycles.